The summed E-state index contributed by atoms with van der Waals surface area (Å²) in [5, 5.41) is 0. The van der Waals surface area contributed by atoms with E-state index in [1.807, 2.05) is 62.3 Å². The molecule has 180 valence electrons. The number of rotatable bonds is 9. The quantitative estimate of drug-likeness (QED) is 0.480. The van der Waals surface area contributed by atoms with Crippen molar-refractivity contribution in [1.82, 2.24) is 4.90 Å². The first-order chi connectivity index (χ1) is 16.1. The topological polar surface area (TPSA) is 79.0 Å². The van der Waals surface area contributed by atoms with Gasteiger partial charge >= 0.3 is 0 Å². The molecule has 0 spiro atoms. The molecule has 3 aromatic carbocycles. The Hall–Kier alpha value is -3.52. The van der Waals surface area contributed by atoms with Gasteiger partial charge in [0.05, 0.1) is 18.0 Å². The Kier molecular flexibility index (Phi) is 7.83. The number of carbonyl (C=O) groups is 1. The van der Waals surface area contributed by atoms with Crippen molar-refractivity contribution in [1.29, 1.82) is 0 Å². The lowest BCUT2D eigenvalue weighted by Crippen LogP contribution is -2.31. The molecule has 34 heavy (non-hydrogen) atoms. The second-order valence-electron chi connectivity index (χ2n) is 8.25. The molecule has 8 heteroatoms. The van der Waals surface area contributed by atoms with Crippen LogP contribution in [0.3, 0.4) is 0 Å². The van der Waals surface area contributed by atoms with Gasteiger partial charge in [-0.25, -0.2) is 8.42 Å². The molecule has 0 saturated heterocycles. The number of carbonyl (C=O) groups excluding carboxylic acids is 1. The van der Waals surface area contributed by atoms with Crippen molar-refractivity contribution in [3.05, 3.63) is 83.9 Å². The molecule has 1 atom stereocenters. The standard InChI is InChI=1S/C26H31N3O4S/c1-19(21-9-7-6-8-10-21)29(20(2)30)18-22-17-23(11-16-26(22)28(3)4)27-34(31,32)25-14-12-24(33-5)13-15-25/h6-17,19,27H,18H2,1-5H3. The first kappa shape index (κ1) is 25.1. The first-order valence-electron chi connectivity index (χ1n) is 10.9. The van der Waals surface area contributed by atoms with Crippen molar-refractivity contribution in [3.63, 3.8) is 0 Å². The third kappa shape index (κ3) is 5.88. The van der Waals surface area contributed by atoms with E-state index in [1.165, 1.54) is 19.2 Å². The molecular weight excluding hydrogens is 450 g/mol. The Morgan fingerprint density at radius 1 is 1.00 bits per heavy atom. The van der Waals surface area contributed by atoms with Gasteiger partial charge in [-0.3, -0.25) is 9.52 Å². The Morgan fingerprint density at radius 2 is 1.65 bits per heavy atom. The van der Waals surface area contributed by atoms with Crippen LogP contribution in [-0.2, 0) is 21.4 Å². The predicted molar refractivity (Wildman–Crippen MR) is 136 cm³/mol. The molecule has 1 N–H and O–H groups in total. The minimum atomic E-state index is -3.79. The average molecular weight is 482 g/mol. The zero-order chi connectivity index (χ0) is 24.9. The van der Waals surface area contributed by atoms with Crippen molar-refractivity contribution in [2.24, 2.45) is 0 Å². The summed E-state index contributed by atoms with van der Waals surface area (Å²) in [4.78, 5) is 16.4. The molecule has 0 fully saturated rings. The fourth-order valence-corrected chi connectivity index (χ4v) is 4.85. The number of ether oxygens (including phenoxy) is 1. The van der Waals surface area contributed by atoms with Crippen molar-refractivity contribution >= 4 is 27.3 Å². The number of hydrogen-bond donors (Lipinski definition) is 1. The average Bonchev–Trinajstić information content (AvgIpc) is 2.82. The fourth-order valence-electron chi connectivity index (χ4n) is 3.80. The van der Waals surface area contributed by atoms with Crippen molar-refractivity contribution < 1.29 is 17.9 Å². The lowest BCUT2D eigenvalue weighted by atomic mass is 10.0. The van der Waals surface area contributed by atoms with Crippen LogP contribution in [0.2, 0.25) is 0 Å². The maximum Gasteiger partial charge on any atom is 0.261 e. The van der Waals surface area contributed by atoms with Gasteiger partial charge in [0, 0.05) is 38.9 Å². The van der Waals surface area contributed by atoms with E-state index in [0.29, 0.717) is 18.0 Å². The maximum absolute atomic E-state index is 12.9. The summed E-state index contributed by atoms with van der Waals surface area (Å²) in [6.07, 6.45) is 0. The highest BCUT2D eigenvalue weighted by molar-refractivity contribution is 7.92. The molecule has 0 bridgehead atoms. The smallest absolute Gasteiger partial charge is 0.261 e. The highest BCUT2D eigenvalue weighted by Crippen LogP contribution is 2.29. The molecule has 7 nitrogen and oxygen atoms in total. The van der Waals surface area contributed by atoms with Crippen LogP contribution in [0.25, 0.3) is 0 Å². The highest BCUT2D eigenvalue weighted by Gasteiger charge is 2.22. The number of amides is 1. The zero-order valence-corrected chi connectivity index (χ0v) is 21.0. The van der Waals surface area contributed by atoms with Crippen LogP contribution in [0, 0.1) is 0 Å². The van der Waals surface area contributed by atoms with E-state index in [-0.39, 0.29) is 16.8 Å². The van der Waals surface area contributed by atoms with Crippen LogP contribution in [0.5, 0.6) is 5.75 Å². The molecule has 0 aliphatic heterocycles. The van der Waals surface area contributed by atoms with E-state index in [4.69, 9.17) is 4.74 Å². The van der Waals surface area contributed by atoms with Crippen LogP contribution in [-0.4, -0.2) is 40.4 Å². The van der Waals surface area contributed by atoms with Gasteiger partial charge in [-0.2, -0.15) is 0 Å². The summed E-state index contributed by atoms with van der Waals surface area (Å²) in [7, 11) is 1.57. The Labute approximate surface area is 202 Å². The summed E-state index contributed by atoms with van der Waals surface area (Å²) in [6, 6.07) is 21.2. The van der Waals surface area contributed by atoms with E-state index >= 15 is 0 Å². The van der Waals surface area contributed by atoms with Gasteiger partial charge in [0.1, 0.15) is 5.75 Å². The molecule has 3 aromatic rings. The normalized spacial score (nSPS) is 12.0. The molecule has 0 saturated carbocycles. The summed E-state index contributed by atoms with van der Waals surface area (Å²) in [5.74, 6) is 0.513. The van der Waals surface area contributed by atoms with E-state index in [0.717, 1.165) is 16.8 Å². The molecule has 0 radical (unpaired) electrons. The van der Waals surface area contributed by atoms with E-state index in [1.54, 1.807) is 36.1 Å². The minimum absolute atomic E-state index is 0.0646. The molecule has 0 heterocycles. The summed E-state index contributed by atoms with van der Waals surface area (Å²) >= 11 is 0. The minimum Gasteiger partial charge on any atom is -0.497 e. The molecule has 1 unspecified atom stereocenters. The number of methoxy groups -OCH3 is 1. The molecule has 0 aliphatic carbocycles. The second kappa shape index (κ2) is 10.6. The second-order valence-corrected chi connectivity index (χ2v) is 9.93. The molecule has 1 amide bonds. The fraction of sp³-hybridized carbons (Fsp3) is 0.269. The number of anilines is 2. The summed E-state index contributed by atoms with van der Waals surface area (Å²) in [5.41, 5.74) is 3.18. The number of sulfonamides is 1. The van der Waals surface area contributed by atoms with Crippen molar-refractivity contribution in [3.8, 4) is 5.75 Å². The van der Waals surface area contributed by atoms with Gasteiger partial charge in [-0.1, -0.05) is 30.3 Å². The van der Waals surface area contributed by atoms with Crippen LogP contribution in [0.15, 0.2) is 77.7 Å². The third-order valence-electron chi connectivity index (χ3n) is 5.68. The first-order valence-corrected chi connectivity index (χ1v) is 12.4. The van der Waals surface area contributed by atoms with Crippen LogP contribution >= 0.6 is 0 Å². The van der Waals surface area contributed by atoms with Gasteiger partial charge in [-0.15, -0.1) is 0 Å². The van der Waals surface area contributed by atoms with E-state index in [2.05, 4.69) is 4.72 Å². The lowest BCUT2D eigenvalue weighted by molar-refractivity contribution is -0.131. The van der Waals surface area contributed by atoms with Crippen LogP contribution in [0.1, 0.15) is 31.0 Å². The van der Waals surface area contributed by atoms with Gasteiger partial charge in [0.15, 0.2) is 0 Å². The monoisotopic (exact) mass is 481 g/mol. The number of benzene rings is 3. The van der Waals surface area contributed by atoms with Gasteiger partial charge in [0.2, 0.25) is 5.91 Å². The molecular formula is C26H31N3O4S. The largest absolute Gasteiger partial charge is 0.497 e. The Balaban J connectivity index is 1.92. The number of hydrogen-bond acceptors (Lipinski definition) is 5. The van der Waals surface area contributed by atoms with Gasteiger partial charge < -0.3 is 14.5 Å². The van der Waals surface area contributed by atoms with Crippen molar-refractivity contribution in [2.75, 3.05) is 30.8 Å². The van der Waals surface area contributed by atoms with E-state index < -0.39 is 10.0 Å². The molecule has 0 aromatic heterocycles. The van der Waals surface area contributed by atoms with Crippen LogP contribution < -0.4 is 14.4 Å². The summed E-state index contributed by atoms with van der Waals surface area (Å²) in [6.45, 7) is 3.87. The number of nitrogens with one attached hydrogen (secondary N) is 1. The lowest BCUT2D eigenvalue weighted by Gasteiger charge is -2.30. The summed E-state index contributed by atoms with van der Waals surface area (Å²) < 4.78 is 33.6. The van der Waals surface area contributed by atoms with Crippen molar-refractivity contribution in [2.45, 2.75) is 31.3 Å². The number of nitrogens with zero attached hydrogens (tertiary/aromatic N) is 2. The van der Waals surface area contributed by atoms with Gasteiger partial charge in [0.25, 0.3) is 10.0 Å². The van der Waals surface area contributed by atoms with E-state index in [9.17, 15) is 13.2 Å². The predicted octanol–water partition coefficient (Wildman–Crippen LogP) is 4.67. The molecule has 3 rings (SSSR count). The zero-order valence-electron chi connectivity index (χ0n) is 20.1. The Bertz CT molecular complexity index is 1230. The highest BCUT2D eigenvalue weighted by atomic mass is 32.2. The van der Waals surface area contributed by atoms with Crippen LogP contribution in [0.4, 0.5) is 11.4 Å². The molecule has 0 aliphatic rings. The van der Waals surface area contributed by atoms with Gasteiger partial charge in [-0.05, 0) is 60.5 Å². The Morgan fingerprint density at radius 3 is 2.21 bits per heavy atom. The maximum atomic E-state index is 12.9. The third-order valence-corrected chi connectivity index (χ3v) is 7.08. The SMILES string of the molecule is COc1ccc(S(=O)(=O)Nc2ccc(N(C)C)c(CN(C(C)=O)C(C)c3ccccc3)c2)cc1.